The van der Waals surface area contributed by atoms with Gasteiger partial charge in [0, 0.05) is 6.42 Å². The third kappa shape index (κ3) is 6.95. The number of nitrogens with two attached hydrogens (primary N) is 1. The van der Waals surface area contributed by atoms with Crippen molar-refractivity contribution in [2.24, 2.45) is 16.3 Å². The predicted molar refractivity (Wildman–Crippen MR) is 126 cm³/mol. The van der Waals surface area contributed by atoms with Crippen molar-refractivity contribution in [3.8, 4) is 0 Å². The SMILES string of the molecule is N/C(=N\O)C1(C(=O)Cc2ccc(CCCCCCCCCc3ccccc3)cc2)CC1. The summed E-state index contributed by atoms with van der Waals surface area (Å²) in [5.74, 6) is 0.115. The highest BCUT2D eigenvalue weighted by Crippen LogP contribution is 2.47. The Labute approximate surface area is 186 Å². The largest absolute Gasteiger partial charge is 0.409 e. The van der Waals surface area contributed by atoms with Gasteiger partial charge in [0.1, 0.15) is 0 Å². The number of oxime groups is 1. The van der Waals surface area contributed by atoms with Crippen molar-refractivity contribution in [3.05, 3.63) is 71.3 Å². The average Bonchev–Trinajstić information content (AvgIpc) is 3.61. The van der Waals surface area contributed by atoms with E-state index < -0.39 is 5.41 Å². The second-order valence-electron chi connectivity index (χ2n) is 8.94. The highest BCUT2D eigenvalue weighted by molar-refractivity contribution is 6.10. The van der Waals surface area contributed by atoms with Gasteiger partial charge in [-0.05, 0) is 55.2 Å². The molecule has 4 heteroatoms. The summed E-state index contributed by atoms with van der Waals surface area (Å²) in [4.78, 5) is 12.5. The van der Waals surface area contributed by atoms with Crippen LogP contribution in [0.25, 0.3) is 0 Å². The van der Waals surface area contributed by atoms with Crippen LogP contribution in [0.2, 0.25) is 0 Å². The number of nitrogens with zero attached hydrogens (tertiary/aromatic N) is 1. The van der Waals surface area contributed by atoms with Crippen molar-refractivity contribution >= 4 is 11.6 Å². The molecule has 1 aliphatic rings. The Hall–Kier alpha value is -2.62. The molecule has 2 aromatic rings. The second kappa shape index (κ2) is 11.7. The molecule has 4 nitrogen and oxygen atoms in total. The number of hydrogen-bond acceptors (Lipinski definition) is 3. The van der Waals surface area contributed by atoms with E-state index >= 15 is 0 Å². The predicted octanol–water partition coefficient (Wildman–Crippen LogP) is 5.84. The van der Waals surface area contributed by atoms with Crippen molar-refractivity contribution in [1.82, 2.24) is 0 Å². The molecule has 166 valence electrons. The minimum Gasteiger partial charge on any atom is -0.409 e. The molecule has 0 amide bonds. The molecule has 3 rings (SSSR count). The fourth-order valence-corrected chi connectivity index (χ4v) is 4.26. The summed E-state index contributed by atoms with van der Waals surface area (Å²) >= 11 is 0. The van der Waals surface area contributed by atoms with Crippen LogP contribution in [0, 0.1) is 5.41 Å². The molecule has 0 heterocycles. The van der Waals surface area contributed by atoms with E-state index in [1.54, 1.807) is 0 Å². The lowest BCUT2D eigenvalue weighted by molar-refractivity contribution is -0.121. The smallest absolute Gasteiger partial charge is 0.152 e. The molecule has 0 unspecified atom stereocenters. The molecule has 3 N–H and O–H groups in total. The summed E-state index contributed by atoms with van der Waals surface area (Å²) in [5, 5.41) is 11.9. The fraction of sp³-hybridized carbons (Fsp3) is 0.481. The highest BCUT2D eigenvalue weighted by atomic mass is 16.4. The third-order valence-electron chi connectivity index (χ3n) is 6.54. The van der Waals surface area contributed by atoms with Gasteiger partial charge in [0.2, 0.25) is 0 Å². The standard InChI is InChI=1S/C27H36N2O2/c28-26(29-31)27(19-20-27)25(30)21-24-17-15-23(16-18-24)14-8-5-3-1-2-4-7-11-22-12-9-6-10-13-22/h6,9-10,12-13,15-18,31H,1-5,7-8,11,14,19-21H2,(H2,28,29). The lowest BCUT2D eigenvalue weighted by Gasteiger charge is -2.12. The molecule has 31 heavy (non-hydrogen) atoms. The van der Waals surface area contributed by atoms with Crippen LogP contribution in [-0.4, -0.2) is 16.8 Å². The minimum absolute atomic E-state index is 0.0549. The second-order valence-corrected chi connectivity index (χ2v) is 8.94. The van der Waals surface area contributed by atoms with Crippen LogP contribution in [0.5, 0.6) is 0 Å². The first kappa shape index (κ1) is 23.1. The zero-order valence-corrected chi connectivity index (χ0v) is 18.6. The minimum atomic E-state index is -0.713. The number of amidine groups is 1. The fourth-order valence-electron chi connectivity index (χ4n) is 4.26. The van der Waals surface area contributed by atoms with E-state index in [9.17, 15) is 4.79 Å². The number of benzene rings is 2. The molecule has 2 aromatic carbocycles. The topological polar surface area (TPSA) is 75.7 Å². The summed E-state index contributed by atoms with van der Waals surface area (Å²) in [5.41, 5.74) is 8.78. The molecule has 1 fully saturated rings. The summed E-state index contributed by atoms with van der Waals surface area (Å²) in [6.45, 7) is 0. The Morgan fingerprint density at radius 3 is 1.77 bits per heavy atom. The molecular weight excluding hydrogens is 384 g/mol. The van der Waals surface area contributed by atoms with E-state index in [-0.39, 0.29) is 11.6 Å². The number of ketones is 1. The average molecular weight is 421 g/mol. The van der Waals surface area contributed by atoms with E-state index in [1.165, 1.54) is 62.5 Å². The van der Waals surface area contributed by atoms with Crippen molar-refractivity contribution in [2.45, 2.75) is 77.0 Å². The Morgan fingerprint density at radius 1 is 0.774 bits per heavy atom. The number of aryl methyl sites for hydroxylation is 2. The summed E-state index contributed by atoms with van der Waals surface area (Å²) < 4.78 is 0. The van der Waals surface area contributed by atoms with Crippen LogP contribution >= 0.6 is 0 Å². The first-order valence-electron chi connectivity index (χ1n) is 11.8. The molecule has 0 aromatic heterocycles. The molecule has 0 radical (unpaired) electrons. The number of rotatable bonds is 14. The monoisotopic (exact) mass is 420 g/mol. The van der Waals surface area contributed by atoms with Crippen LogP contribution < -0.4 is 5.73 Å². The number of Topliss-reactive ketones (excluding diaryl/α,β-unsaturated/α-hetero) is 1. The highest BCUT2D eigenvalue weighted by Gasteiger charge is 2.53. The number of hydrogen-bond donors (Lipinski definition) is 2. The summed E-state index contributed by atoms with van der Waals surface area (Å²) in [6.07, 6.45) is 13.1. The van der Waals surface area contributed by atoms with E-state index in [1.807, 2.05) is 12.1 Å². The first-order valence-corrected chi connectivity index (χ1v) is 11.8. The summed E-state index contributed by atoms with van der Waals surface area (Å²) in [7, 11) is 0. The molecular formula is C27H36N2O2. The zero-order chi connectivity index (χ0) is 21.9. The van der Waals surface area contributed by atoms with Crippen molar-refractivity contribution in [2.75, 3.05) is 0 Å². The lowest BCUT2D eigenvalue weighted by atomic mass is 9.93. The normalized spacial score (nSPS) is 15.0. The Bertz CT molecular complexity index is 839. The maximum Gasteiger partial charge on any atom is 0.152 e. The van der Waals surface area contributed by atoms with Gasteiger partial charge in [-0.2, -0.15) is 0 Å². The van der Waals surface area contributed by atoms with Crippen LogP contribution in [0.15, 0.2) is 59.8 Å². The van der Waals surface area contributed by atoms with Gasteiger partial charge in [-0.3, -0.25) is 4.79 Å². The quantitative estimate of drug-likeness (QED) is 0.132. The van der Waals surface area contributed by atoms with Crippen molar-refractivity contribution in [1.29, 1.82) is 0 Å². The van der Waals surface area contributed by atoms with Gasteiger partial charge < -0.3 is 10.9 Å². The molecule has 0 aliphatic heterocycles. The van der Waals surface area contributed by atoms with Gasteiger partial charge in [0.15, 0.2) is 11.6 Å². The first-order chi connectivity index (χ1) is 15.1. The van der Waals surface area contributed by atoms with Crippen LogP contribution in [0.1, 0.15) is 74.5 Å². The molecule has 0 bridgehead atoms. The Balaban J connectivity index is 1.25. The molecule has 1 aliphatic carbocycles. The van der Waals surface area contributed by atoms with E-state index in [0.29, 0.717) is 19.3 Å². The Kier molecular flexibility index (Phi) is 8.69. The summed E-state index contributed by atoms with van der Waals surface area (Å²) in [6, 6.07) is 19.1. The van der Waals surface area contributed by atoms with Crippen molar-refractivity contribution in [3.63, 3.8) is 0 Å². The van der Waals surface area contributed by atoms with E-state index in [2.05, 4.69) is 47.6 Å². The Morgan fingerprint density at radius 2 is 1.26 bits per heavy atom. The lowest BCUT2D eigenvalue weighted by Crippen LogP contribution is -2.33. The zero-order valence-electron chi connectivity index (χ0n) is 18.6. The molecule has 0 saturated heterocycles. The molecule has 0 atom stereocenters. The van der Waals surface area contributed by atoms with Gasteiger partial charge in [0.05, 0.1) is 5.41 Å². The third-order valence-corrected chi connectivity index (χ3v) is 6.54. The molecule has 0 spiro atoms. The van der Waals surface area contributed by atoms with E-state index in [0.717, 1.165) is 12.0 Å². The van der Waals surface area contributed by atoms with Gasteiger partial charge in [-0.25, -0.2) is 0 Å². The number of carbonyl (C=O) groups is 1. The van der Waals surface area contributed by atoms with Gasteiger partial charge in [0.25, 0.3) is 0 Å². The van der Waals surface area contributed by atoms with Crippen LogP contribution in [0.3, 0.4) is 0 Å². The van der Waals surface area contributed by atoms with Gasteiger partial charge in [-0.1, -0.05) is 91.9 Å². The number of carbonyl (C=O) groups excluding carboxylic acids is 1. The van der Waals surface area contributed by atoms with E-state index in [4.69, 9.17) is 10.9 Å². The maximum atomic E-state index is 12.5. The van der Waals surface area contributed by atoms with Gasteiger partial charge in [-0.15, -0.1) is 0 Å². The van der Waals surface area contributed by atoms with Crippen LogP contribution in [-0.2, 0) is 24.1 Å². The van der Waals surface area contributed by atoms with Crippen LogP contribution in [0.4, 0.5) is 0 Å². The van der Waals surface area contributed by atoms with Crippen molar-refractivity contribution < 1.29 is 10.0 Å². The number of unbranched alkanes of at least 4 members (excludes halogenated alkanes) is 6. The molecule has 1 saturated carbocycles. The maximum absolute atomic E-state index is 12.5. The van der Waals surface area contributed by atoms with Gasteiger partial charge >= 0.3 is 0 Å².